The quantitative estimate of drug-likeness (QED) is 0.277. The highest BCUT2D eigenvalue weighted by Gasteiger charge is 2.45. The van der Waals surface area contributed by atoms with Crippen LogP contribution in [0.5, 0.6) is 0 Å². The number of nitrogens with zero attached hydrogens (tertiary/aromatic N) is 1. The molecule has 0 bridgehead atoms. The first-order valence-electron chi connectivity index (χ1n) is 6.73. The predicted molar refractivity (Wildman–Crippen MR) is 70.9 cm³/mol. The topological polar surface area (TPSA) is 164 Å². The number of nitrogens with one attached hydrogen (secondary N) is 2. The molecule has 2 aliphatic rings. The van der Waals surface area contributed by atoms with Gasteiger partial charge in [0, 0.05) is 6.54 Å². The maximum atomic E-state index is 10.6. The Balaban J connectivity index is 0.000000351. The summed E-state index contributed by atoms with van der Waals surface area (Å²) in [5.74, 6) is -2.25. The summed E-state index contributed by atoms with van der Waals surface area (Å²) in [5.41, 5.74) is 0. The number of carboxylic acids is 1. The molecule has 0 aromatic heterocycles. The number of guanidine groups is 1. The Bertz CT molecular complexity index is 463. The average molecular weight is 361 g/mol. The van der Waals surface area contributed by atoms with E-state index in [-0.39, 0.29) is 6.61 Å². The van der Waals surface area contributed by atoms with Crippen LogP contribution in [0.2, 0.25) is 0 Å². The van der Waals surface area contributed by atoms with Crippen molar-refractivity contribution in [3.8, 4) is 0 Å². The Morgan fingerprint density at radius 2 is 1.96 bits per heavy atom. The molecule has 0 amide bonds. The van der Waals surface area contributed by atoms with Crippen LogP contribution in [-0.2, 0) is 9.53 Å². The first-order chi connectivity index (χ1) is 11.1. The Labute approximate surface area is 133 Å². The van der Waals surface area contributed by atoms with Crippen LogP contribution in [0, 0.1) is 0 Å². The van der Waals surface area contributed by atoms with Gasteiger partial charge in [-0.05, 0) is 0 Å². The van der Waals surface area contributed by atoms with E-state index in [0.29, 0.717) is 19.0 Å². The minimum Gasteiger partial charge on any atom is -0.475 e. The number of hydrogen-bond acceptors (Lipinski definition) is 9. The van der Waals surface area contributed by atoms with Gasteiger partial charge in [0.25, 0.3) is 0 Å². The van der Waals surface area contributed by atoms with Gasteiger partial charge in [-0.25, -0.2) is 4.79 Å². The van der Waals surface area contributed by atoms with E-state index < -0.39 is 42.8 Å². The first-order valence-corrected chi connectivity index (χ1v) is 6.73. The molecule has 24 heavy (non-hydrogen) atoms. The van der Waals surface area contributed by atoms with Crippen LogP contribution in [0.25, 0.3) is 0 Å². The fourth-order valence-corrected chi connectivity index (χ4v) is 1.92. The summed E-state index contributed by atoms with van der Waals surface area (Å²) >= 11 is 0. The van der Waals surface area contributed by atoms with E-state index in [4.69, 9.17) is 14.6 Å². The number of aliphatic carboxylic acids is 1. The monoisotopic (exact) mass is 361 g/mol. The van der Waals surface area contributed by atoms with Crippen molar-refractivity contribution in [1.82, 2.24) is 10.6 Å². The molecule has 5 atom stereocenters. The van der Waals surface area contributed by atoms with Gasteiger partial charge in [0.1, 0.15) is 18.3 Å². The number of rotatable bonds is 3. The third-order valence-electron chi connectivity index (χ3n) is 3.11. The van der Waals surface area contributed by atoms with Crippen molar-refractivity contribution in [2.45, 2.75) is 36.8 Å². The molecular formula is C11H18F3N3O7. The SMILES string of the molecule is O=C(O)C(F)(F)F.OC[C@H](NC1=NCCN1)[C@H]1OC(O)[C@H](O)[C@H]1O. The number of aliphatic imine (C=N–C) groups is 1. The smallest absolute Gasteiger partial charge is 0.475 e. The standard InChI is InChI=1S/C9H17N3O5.C2HF3O2/c13-3-4(12-9-10-1-2-11-9)7-5(14)6(15)8(16)17-7;3-2(4,5)1(6)7/h4-8,13-16H,1-3H2,(H2,10,11,12);(H,6,7)/t4-,5+,6+,7+,8?;/m0./s1. The van der Waals surface area contributed by atoms with Gasteiger partial charge < -0.3 is 40.9 Å². The maximum Gasteiger partial charge on any atom is 0.490 e. The van der Waals surface area contributed by atoms with Gasteiger partial charge in [0.15, 0.2) is 12.2 Å². The van der Waals surface area contributed by atoms with Crippen molar-refractivity contribution in [3.05, 3.63) is 0 Å². The lowest BCUT2D eigenvalue weighted by Crippen LogP contribution is -2.53. The van der Waals surface area contributed by atoms with Gasteiger partial charge in [-0.1, -0.05) is 0 Å². The highest BCUT2D eigenvalue weighted by Crippen LogP contribution is 2.22. The molecule has 1 unspecified atom stereocenters. The molecule has 2 heterocycles. The summed E-state index contributed by atoms with van der Waals surface area (Å²) in [7, 11) is 0. The van der Waals surface area contributed by atoms with Gasteiger partial charge in [-0.15, -0.1) is 0 Å². The molecule has 10 nitrogen and oxygen atoms in total. The molecule has 2 rings (SSSR count). The number of halogens is 3. The number of carboxylic acid groups (broad SMARTS) is 1. The second kappa shape index (κ2) is 8.43. The fraction of sp³-hybridized carbons (Fsp3) is 0.818. The van der Waals surface area contributed by atoms with Crippen molar-refractivity contribution in [1.29, 1.82) is 0 Å². The van der Waals surface area contributed by atoms with Crippen molar-refractivity contribution < 1.29 is 48.2 Å². The highest BCUT2D eigenvalue weighted by molar-refractivity contribution is 5.81. The number of hydrogen-bond donors (Lipinski definition) is 7. The number of ether oxygens (including phenoxy) is 1. The largest absolute Gasteiger partial charge is 0.490 e. The summed E-state index contributed by atoms with van der Waals surface area (Å²) in [6, 6.07) is -0.652. The molecule has 0 saturated carbocycles. The van der Waals surface area contributed by atoms with Gasteiger partial charge in [-0.3, -0.25) is 4.99 Å². The lowest BCUT2D eigenvalue weighted by atomic mass is 10.0. The van der Waals surface area contributed by atoms with Crippen molar-refractivity contribution in [2.75, 3.05) is 19.7 Å². The molecule has 0 aliphatic carbocycles. The van der Waals surface area contributed by atoms with Gasteiger partial charge in [-0.2, -0.15) is 13.2 Å². The second-order valence-corrected chi connectivity index (χ2v) is 4.87. The highest BCUT2D eigenvalue weighted by atomic mass is 19.4. The van der Waals surface area contributed by atoms with Gasteiger partial charge in [0.2, 0.25) is 0 Å². The van der Waals surface area contributed by atoms with E-state index >= 15 is 0 Å². The van der Waals surface area contributed by atoms with Gasteiger partial charge >= 0.3 is 12.1 Å². The zero-order chi connectivity index (χ0) is 18.5. The number of carbonyl (C=O) groups is 1. The number of aliphatic hydroxyl groups excluding tert-OH is 4. The minimum absolute atomic E-state index is 0.318. The van der Waals surface area contributed by atoms with Crippen molar-refractivity contribution in [2.24, 2.45) is 4.99 Å². The molecule has 1 saturated heterocycles. The molecule has 1 fully saturated rings. The van der Waals surface area contributed by atoms with Crippen molar-refractivity contribution >= 4 is 11.9 Å². The number of alkyl halides is 3. The molecular weight excluding hydrogens is 343 g/mol. The van der Waals surface area contributed by atoms with Crippen LogP contribution in [0.1, 0.15) is 0 Å². The van der Waals surface area contributed by atoms with Crippen LogP contribution >= 0.6 is 0 Å². The molecule has 7 N–H and O–H groups in total. The van der Waals surface area contributed by atoms with Crippen molar-refractivity contribution in [3.63, 3.8) is 0 Å². The van der Waals surface area contributed by atoms with Crippen LogP contribution in [-0.4, -0.2) is 94.0 Å². The molecule has 2 aliphatic heterocycles. The molecule has 0 radical (unpaired) electrons. The van der Waals surface area contributed by atoms with Crippen LogP contribution in [0.4, 0.5) is 13.2 Å². The summed E-state index contributed by atoms with van der Waals surface area (Å²) < 4.78 is 36.7. The zero-order valence-electron chi connectivity index (χ0n) is 12.1. The Morgan fingerprint density at radius 3 is 2.29 bits per heavy atom. The van der Waals surface area contributed by atoms with Crippen LogP contribution < -0.4 is 10.6 Å². The lowest BCUT2D eigenvalue weighted by molar-refractivity contribution is -0.192. The van der Waals surface area contributed by atoms with E-state index in [1.54, 1.807) is 0 Å². The van der Waals surface area contributed by atoms with E-state index in [1.165, 1.54) is 0 Å². The van der Waals surface area contributed by atoms with E-state index in [9.17, 15) is 33.6 Å². The van der Waals surface area contributed by atoms with E-state index in [2.05, 4.69) is 15.6 Å². The fourth-order valence-electron chi connectivity index (χ4n) is 1.92. The van der Waals surface area contributed by atoms with E-state index in [1.807, 2.05) is 0 Å². The zero-order valence-corrected chi connectivity index (χ0v) is 12.1. The number of aliphatic hydroxyl groups is 4. The van der Waals surface area contributed by atoms with Crippen LogP contribution in [0.15, 0.2) is 4.99 Å². The maximum absolute atomic E-state index is 10.6. The normalized spacial score (nSPS) is 30.7. The molecule has 13 heteroatoms. The van der Waals surface area contributed by atoms with Crippen LogP contribution in [0.3, 0.4) is 0 Å². The third kappa shape index (κ3) is 5.45. The Hall–Kier alpha value is -1.67. The Morgan fingerprint density at radius 1 is 1.38 bits per heavy atom. The molecule has 140 valence electrons. The first kappa shape index (κ1) is 20.4. The average Bonchev–Trinajstić information content (AvgIpc) is 3.09. The van der Waals surface area contributed by atoms with Gasteiger partial charge in [0.05, 0.1) is 19.2 Å². The summed E-state index contributed by atoms with van der Waals surface area (Å²) in [5, 5.41) is 50.4. The summed E-state index contributed by atoms with van der Waals surface area (Å²) in [4.78, 5) is 13.0. The summed E-state index contributed by atoms with van der Waals surface area (Å²) in [6.07, 6.45) is -10.0. The third-order valence-corrected chi connectivity index (χ3v) is 3.11. The Kier molecular flexibility index (Phi) is 7.16. The molecule has 0 aromatic rings. The lowest BCUT2D eigenvalue weighted by Gasteiger charge is -2.25. The van der Waals surface area contributed by atoms with E-state index in [0.717, 1.165) is 0 Å². The predicted octanol–water partition coefficient (Wildman–Crippen LogP) is -3.03. The molecule has 0 aromatic carbocycles. The summed E-state index contributed by atoms with van der Waals surface area (Å²) in [6.45, 7) is 1.03. The second-order valence-electron chi connectivity index (χ2n) is 4.87. The molecule has 0 spiro atoms. The minimum atomic E-state index is -5.08.